The van der Waals surface area contributed by atoms with Gasteiger partial charge in [0.15, 0.2) is 11.6 Å². The first-order valence-corrected chi connectivity index (χ1v) is 5.42. The maximum atomic E-state index is 13.7. The van der Waals surface area contributed by atoms with E-state index >= 15 is 0 Å². The van der Waals surface area contributed by atoms with Crippen LogP contribution in [0, 0.1) is 23.0 Å². The number of carbonyl (C=O) groups is 1. The summed E-state index contributed by atoms with van der Waals surface area (Å²) in [5.41, 5.74) is -0.594. The topological polar surface area (TPSA) is 70.3 Å². The Kier molecular flexibility index (Phi) is 3.62. The molecule has 0 heterocycles. The zero-order valence-corrected chi connectivity index (χ0v) is 9.93. The summed E-state index contributed by atoms with van der Waals surface area (Å²) in [6.07, 6.45) is 0. The van der Waals surface area contributed by atoms with E-state index in [1.165, 1.54) is 12.1 Å². The van der Waals surface area contributed by atoms with E-state index in [1.54, 1.807) is 6.07 Å². The Morgan fingerprint density at radius 1 is 1.15 bits per heavy atom. The van der Waals surface area contributed by atoms with Gasteiger partial charge in [-0.2, -0.15) is 5.26 Å². The second kappa shape index (κ2) is 5.36. The van der Waals surface area contributed by atoms with Gasteiger partial charge in [0.1, 0.15) is 23.2 Å². The fraction of sp³-hybridized carbons (Fsp3) is 0. The highest BCUT2D eigenvalue weighted by Gasteiger charge is 2.14. The SMILES string of the molecule is N#Cc1c(F)cccc1Oc1ccc(C(=O)O)cc1F. The molecule has 0 spiro atoms. The first-order valence-electron chi connectivity index (χ1n) is 5.42. The van der Waals surface area contributed by atoms with Crippen LogP contribution in [0.25, 0.3) is 0 Å². The number of nitriles is 1. The molecule has 4 nitrogen and oxygen atoms in total. The fourth-order valence-corrected chi connectivity index (χ4v) is 1.53. The highest BCUT2D eigenvalue weighted by molar-refractivity contribution is 5.87. The third kappa shape index (κ3) is 2.57. The second-order valence-corrected chi connectivity index (χ2v) is 3.78. The predicted molar refractivity (Wildman–Crippen MR) is 64.5 cm³/mol. The Bertz CT molecular complexity index is 723. The lowest BCUT2D eigenvalue weighted by Gasteiger charge is -2.09. The lowest BCUT2D eigenvalue weighted by Crippen LogP contribution is -1.99. The van der Waals surface area contributed by atoms with E-state index < -0.39 is 17.6 Å². The van der Waals surface area contributed by atoms with Crippen LogP contribution in [-0.4, -0.2) is 11.1 Å². The molecule has 0 amide bonds. The van der Waals surface area contributed by atoms with Gasteiger partial charge in [0, 0.05) is 0 Å². The van der Waals surface area contributed by atoms with Crippen LogP contribution in [0.3, 0.4) is 0 Å². The molecule has 6 heteroatoms. The number of rotatable bonds is 3. The number of hydrogen-bond donors (Lipinski definition) is 1. The van der Waals surface area contributed by atoms with Crippen LogP contribution < -0.4 is 4.74 Å². The van der Waals surface area contributed by atoms with Gasteiger partial charge < -0.3 is 9.84 Å². The summed E-state index contributed by atoms with van der Waals surface area (Å²) in [4.78, 5) is 10.7. The van der Waals surface area contributed by atoms with Crippen LogP contribution >= 0.6 is 0 Å². The minimum Gasteiger partial charge on any atom is -0.478 e. The molecule has 0 bridgehead atoms. The van der Waals surface area contributed by atoms with Crippen LogP contribution in [0.1, 0.15) is 15.9 Å². The Morgan fingerprint density at radius 2 is 1.90 bits per heavy atom. The fourth-order valence-electron chi connectivity index (χ4n) is 1.53. The van der Waals surface area contributed by atoms with Gasteiger partial charge in [-0.05, 0) is 30.3 Å². The second-order valence-electron chi connectivity index (χ2n) is 3.78. The standard InChI is InChI=1S/C14H7F2NO3/c15-10-2-1-3-12(9(10)7-17)20-13-5-4-8(14(18)19)6-11(13)16/h1-6H,(H,18,19). The monoisotopic (exact) mass is 275 g/mol. The first kappa shape index (κ1) is 13.5. The predicted octanol–water partition coefficient (Wildman–Crippen LogP) is 3.33. The maximum Gasteiger partial charge on any atom is 0.335 e. The summed E-state index contributed by atoms with van der Waals surface area (Å²) >= 11 is 0. The zero-order chi connectivity index (χ0) is 14.7. The van der Waals surface area contributed by atoms with Crippen molar-refractivity contribution in [3.05, 3.63) is 59.2 Å². The number of carboxylic acid groups (broad SMARTS) is 1. The molecule has 1 N–H and O–H groups in total. The minimum absolute atomic E-state index is 0.144. The lowest BCUT2D eigenvalue weighted by atomic mass is 10.2. The van der Waals surface area contributed by atoms with Crippen LogP contribution in [0.4, 0.5) is 8.78 Å². The summed E-state index contributed by atoms with van der Waals surface area (Å²) in [5.74, 6) is -3.42. The van der Waals surface area contributed by atoms with Crippen LogP contribution in [0.2, 0.25) is 0 Å². The first-order chi connectivity index (χ1) is 9.52. The molecule has 2 rings (SSSR count). The third-order valence-corrected chi connectivity index (χ3v) is 2.49. The van der Waals surface area contributed by atoms with Gasteiger partial charge in [0.05, 0.1) is 5.56 Å². The average molecular weight is 275 g/mol. The molecule has 0 fully saturated rings. The smallest absolute Gasteiger partial charge is 0.335 e. The molecule has 0 radical (unpaired) electrons. The molecule has 0 aromatic heterocycles. The molecule has 0 aliphatic rings. The Morgan fingerprint density at radius 3 is 2.50 bits per heavy atom. The Balaban J connectivity index is 2.39. The molecular weight excluding hydrogens is 268 g/mol. The van der Waals surface area contributed by atoms with E-state index in [2.05, 4.69) is 0 Å². The highest BCUT2D eigenvalue weighted by atomic mass is 19.1. The van der Waals surface area contributed by atoms with Crippen molar-refractivity contribution in [2.45, 2.75) is 0 Å². The molecule has 0 atom stereocenters. The molecule has 0 aliphatic heterocycles. The van der Waals surface area contributed by atoms with Gasteiger partial charge >= 0.3 is 5.97 Å². The van der Waals surface area contributed by atoms with Gasteiger partial charge in [-0.3, -0.25) is 0 Å². The van der Waals surface area contributed by atoms with Gasteiger partial charge in [-0.1, -0.05) is 6.07 Å². The van der Waals surface area contributed by atoms with Crippen molar-refractivity contribution in [3.63, 3.8) is 0 Å². The quantitative estimate of drug-likeness (QED) is 0.932. The maximum absolute atomic E-state index is 13.7. The number of hydrogen-bond acceptors (Lipinski definition) is 3. The number of carboxylic acids is 1. The summed E-state index contributed by atoms with van der Waals surface area (Å²) < 4.78 is 32.1. The van der Waals surface area contributed by atoms with Crippen molar-refractivity contribution in [2.75, 3.05) is 0 Å². The number of nitrogens with zero attached hydrogens (tertiary/aromatic N) is 1. The van der Waals surface area contributed by atoms with Gasteiger partial charge in [-0.25, -0.2) is 13.6 Å². The molecule has 100 valence electrons. The van der Waals surface area contributed by atoms with Crippen molar-refractivity contribution in [1.29, 1.82) is 5.26 Å². The van der Waals surface area contributed by atoms with E-state index in [1.807, 2.05) is 0 Å². The normalized spacial score (nSPS) is 9.85. The van der Waals surface area contributed by atoms with E-state index in [4.69, 9.17) is 15.1 Å². The molecule has 2 aromatic rings. The van der Waals surface area contributed by atoms with Crippen molar-refractivity contribution >= 4 is 5.97 Å². The molecule has 0 aliphatic carbocycles. The van der Waals surface area contributed by atoms with Crippen LogP contribution in [0.5, 0.6) is 11.5 Å². The number of benzene rings is 2. The molecule has 2 aromatic carbocycles. The summed E-state index contributed by atoms with van der Waals surface area (Å²) in [6, 6.07) is 8.35. The molecule has 0 saturated carbocycles. The van der Waals surface area contributed by atoms with Gasteiger partial charge in [-0.15, -0.1) is 0 Å². The van der Waals surface area contributed by atoms with E-state index in [9.17, 15) is 13.6 Å². The van der Waals surface area contributed by atoms with Crippen molar-refractivity contribution in [3.8, 4) is 17.6 Å². The lowest BCUT2D eigenvalue weighted by molar-refractivity contribution is 0.0696. The van der Waals surface area contributed by atoms with Crippen molar-refractivity contribution in [2.24, 2.45) is 0 Å². The van der Waals surface area contributed by atoms with E-state index in [0.717, 1.165) is 24.3 Å². The number of ether oxygens (including phenoxy) is 1. The summed E-state index contributed by atoms with van der Waals surface area (Å²) in [7, 11) is 0. The summed E-state index contributed by atoms with van der Waals surface area (Å²) in [5, 5.41) is 17.5. The van der Waals surface area contributed by atoms with Crippen LogP contribution in [-0.2, 0) is 0 Å². The van der Waals surface area contributed by atoms with E-state index in [0.29, 0.717) is 0 Å². The minimum atomic E-state index is -1.28. The molecular formula is C14H7F2NO3. The number of aromatic carboxylic acids is 1. The van der Waals surface area contributed by atoms with Gasteiger partial charge in [0.25, 0.3) is 0 Å². The van der Waals surface area contributed by atoms with Crippen LogP contribution in [0.15, 0.2) is 36.4 Å². The zero-order valence-electron chi connectivity index (χ0n) is 9.93. The Hall–Kier alpha value is -2.94. The Labute approximate surface area is 112 Å². The highest BCUT2D eigenvalue weighted by Crippen LogP contribution is 2.28. The van der Waals surface area contributed by atoms with E-state index in [-0.39, 0.29) is 22.6 Å². The van der Waals surface area contributed by atoms with Crippen molar-refractivity contribution < 1.29 is 23.4 Å². The number of halogens is 2. The third-order valence-electron chi connectivity index (χ3n) is 2.49. The molecule has 0 saturated heterocycles. The van der Waals surface area contributed by atoms with Crippen molar-refractivity contribution in [1.82, 2.24) is 0 Å². The average Bonchev–Trinajstić information content (AvgIpc) is 2.41. The molecule has 0 unspecified atom stereocenters. The van der Waals surface area contributed by atoms with Gasteiger partial charge in [0.2, 0.25) is 0 Å². The largest absolute Gasteiger partial charge is 0.478 e. The molecule has 20 heavy (non-hydrogen) atoms. The summed E-state index contributed by atoms with van der Waals surface area (Å²) in [6.45, 7) is 0.